The van der Waals surface area contributed by atoms with Crippen LogP contribution in [-0.4, -0.2) is 15.1 Å². The molecule has 1 unspecified atom stereocenters. The van der Waals surface area contributed by atoms with Crippen LogP contribution >= 0.6 is 11.8 Å². The normalized spacial score (nSPS) is 16.5. The van der Waals surface area contributed by atoms with Crippen molar-refractivity contribution >= 4 is 17.3 Å². The number of nitrogens with one attached hydrogen (secondary N) is 1. The SMILES string of the molecule is CC1=C(c2nnco2)C(c2ccccc2SCc2ccccc2)C([N+](=O)[O-])=C(C)N1. The highest BCUT2D eigenvalue weighted by Gasteiger charge is 2.40. The van der Waals surface area contributed by atoms with E-state index in [0.29, 0.717) is 11.3 Å². The number of benzene rings is 2. The summed E-state index contributed by atoms with van der Waals surface area (Å²) in [5.74, 6) is 0.415. The summed E-state index contributed by atoms with van der Waals surface area (Å²) < 4.78 is 5.46. The molecule has 152 valence electrons. The summed E-state index contributed by atoms with van der Waals surface area (Å²) in [5, 5.41) is 23.0. The van der Waals surface area contributed by atoms with Gasteiger partial charge < -0.3 is 9.73 Å². The Labute approximate surface area is 178 Å². The molecule has 2 heterocycles. The number of hydrogen-bond donors (Lipinski definition) is 1. The number of thioether (sulfide) groups is 1. The minimum Gasteiger partial charge on any atom is -0.424 e. The smallest absolute Gasteiger partial charge is 0.277 e. The molecular formula is C22H20N4O3S. The van der Waals surface area contributed by atoms with Crippen molar-refractivity contribution < 1.29 is 9.34 Å². The lowest BCUT2D eigenvalue weighted by Gasteiger charge is -2.27. The van der Waals surface area contributed by atoms with Gasteiger partial charge >= 0.3 is 0 Å². The number of aromatic nitrogens is 2. The summed E-state index contributed by atoms with van der Waals surface area (Å²) in [6.07, 6.45) is 1.24. The van der Waals surface area contributed by atoms with Crippen LogP contribution in [0.1, 0.15) is 36.8 Å². The number of nitro groups is 1. The van der Waals surface area contributed by atoms with Gasteiger partial charge in [-0.15, -0.1) is 22.0 Å². The summed E-state index contributed by atoms with van der Waals surface area (Å²) in [6.45, 7) is 3.59. The molecule has 0 radical (unpaired) electrons. The molecule has 0 bridgehead atoms. The molecular weight excluding hydrogens is 400 g/mol. The van der Waals surface area contributed by atoms with Gasteiger partial charge in [0.15, 0.2) is 0 Å². The fraction of sp³-hybridized carbons (Fsp3) is 0.182. The van der Waals surface area contributed by atoms with Gasteiger partial charge in [0, 0.05) is 16.3 Å². The van der Waals surface area contributed by atoms with E-state index in [4.69, 9.17) is 4.42 Å². The monoisotopic (exact) mass is 420 g/mol. The number of rotatable bonds is 6. The van der Waals surface area contributed by atoms with E-state index in [1.54, 1.807) is 18.7 Å². The highest BCUT2D eigenvalue weighted by atomic mass is 32.2. The Hall–Kier alpha value is -3.39. The van der Waals surface area contributed by atoms with E-state index in [1.165, 1.54) is 12.0 Å². The fourth-order valence-electron chi connectivity index (χ4n) is 3.69. The zero-order valence-electron chi connectivity index (χ0n) is 16.5. The molecule has 8 heteroatoms. The molecule has 1 aliphatic heterocycles. The second kappa shape index (κ2) is 8.54. The Morgan fingerprint density at radius 2 is 1.83 bits per heavy atom. The first kappa shape index (κ1) is 19.9. The average molecular weight is 420 g/mol. The number of dihydropyridines is 1. The maximum Gasteiger partial charge on any atom is 0.277 e. The van der Waals surface area contributed by atoms with Crippen molar-refractivity contribution in [2.75, 3.05) is 0 Å². The van der Waals surface area contributed by atoms with Gasteiger partial charge in [-0.3, -0.25) is 10.1 Å². The minimum absolute atomic E-state index is 0.0848. The molecule has 1 atom stereocenters. The molecule has 0 spiro atoms. The number of hydrogen-bond acceptors (Lipinski definition) is 7. The van der Waals surface area contributed by atoms with Crippen LogP contribution in [0.2, 0.25) is 0 Å². The topological polar surface area (TPSA) is 94.1 Å². The Morgan fingerprint density at radius 1 is 1.10 bits per heavy atom. The molecule has 0 aliphatic carbocycles. The Kier molecular flexibility index (Phi) is 5.67. The molecule has 1 aliphatic rings. The summed E-state index contributed by atoms with van der Waals surface area (Å²) in [6, 6.07) is 17.9. The fourth-order valence-corrected chi connectivity index (χ4v) is 4.73. The van der Waals surface area contributed by atoms with Crippen LogP contribution in [0.3, 0.4) is 0 Å². The first-order valence-electron chi connectivity index (χ1n) is 9.41. The van der Waals surface area contributed by atoms with Crippen molar-refractivity contribution in [1.82, 2.24) is 15.5 Å². The first-order valence-corrected chi connectivity index (χ1v) is 10.4. The van der Waals surface area contributed by atoms with Gasteiger partial charge in [-0.2, -0.15) is 0 Å². The third kappa shape index (κ3) is 3.86. The van der Waals surface area contributed by atoms with Crippen LogP contribution in [-0.2, 0) is 5.75 Å². The van der Waals surface area contributed by atoms with Crippen molar-refractivity contribution in [1.29, 1.82) is 0 Å². The Morgan fingerprint density at radius 3 is 2.53 bits per heavy atom. The lowest BCUT2D eigenvalue weighted by atomic mass is 9.84. The van der Waals surface area contributed by atoms with Gasteiger partial charge in [-0.1, -0.05) is 48.5 Å². The van der Waals surface area contributed by atoms with E-state index >= 15 is 0 Å². The van der Waals surface area contributed by atoms with Crippen LogP contribution < -0.4 is 5.32 Å². The van der Waals surface area contributed by atoms with Crippen LogP contribution in [0.4, 0.5) is 0 Å². The third-order valence-electron chi connectivity index (χ3n) is 4.98. The van der Waals surface area contributed by atoms with E-state index in [2.05, 4.69) is 27.6 Å². The first-order chi connectivity index (χ1) is 14.6. The van der Waals surface area contributed by atoms with Crippen molar-refractivity contribution in [3.63, 3.8) is 0 Å². The molecule has 1 aromatic heterocycles. The predicted molar refractivity (Wildman–Crippen MR) is 115 cm³/mol. The van der Waals surface area contributed by atoms with Gasteiger partial charge in [0.25, 0.3) is 5.70 Å². The van der Waals surface area contributed by atoms with Gasteiger partial charge in [-0.25, -0.2) is 0 Å². The van der Waals surface area contributed by atoms with Crippen LogP contribution in [0.5, 0.6) is 0 Å². The van der Waals surface area contributed by atoms with Crippen molar-refractivity contribution in [3.05, 3.63) is 105 Å². The van der Waals surface area contributed by atoms with Crippen molar-refractivity contribution in [2.45, 2.75) is 30.4 Å². The minimum atomic E-state index is -0.624. The number of allylic oxidation sites excluding steroid dienone is 3. The van der Waals surface area contributed by atoms with Gasteiger partial charge in [0.1, 0.15) is 5.92 Å². The second-order valence-corrected chi connectivity index (χ2v) is 7.94. The van der Waals surface area contributed by atoms with Crippen molar-refractivity contribution in [3.8, 4) is 0 Å². The summed E-state index contributed by atoms with van der Waals surface area (Å²) >= 11 is 1.65. The van der Waals surface area contributed by atoms with E-state index in [9.17, 15) is 10.1 Å². The highest BCUT2D eigenvalue weighted by molar-refractivity contribution is 7.98. The molecule has 4 rings (SSSR count). The van der Waals surface area contributed by atoms with Crippen LogP contribution in [0, 0.1) is 10.1 Å². The molecule has 2 aromatic carbocycles. The van der Waals surface area contributed by atoms with E-state index < -0.39 is 5.92 Å². The Bertz CT molecular complexity index is 1120. The van der Waals surface area contributed by atoms with Gasteiger partial charge in [-0.05, 0) is 31.0 Å². The molecule has 3 aromatic rings. The summed E-state index contributed by atoms with van der Waals surface area (Å²) in [5.41, 5.74) is 4.01. The molecule has 0 fully saturated rings. The van der Waals surface area contributed by atoms with E-state index in [1.807, 2.05) is 49.4 Å². The quantitative estimate of drug-likeness (QED) is 0.341. The summed E-state index contributed by atoms with van der Waals surface area (Å²) in [4.78, 5) is 12.7. The molecule has 0 amide bonds. The molecule has 30 heavy (non-hydrogen) atoms. The molecule has 1 N–H and O–H groups in total. The van der Waals surface area contributed by atoms with E-state index in [0.717, 1.165) is 21.9 Å². The standard InChI is InChI=1S/C22H20N4O3S/c1-14-19(22-25-23-13-29-22)20(21(26(27)28)15(2)24-14)17-10-6-7-11-18(17)30-12-16-8-4-3-5-9-16/h3-11,13,20,24H,12H2,1-2H3. The molecule has 7 nitrogen and oxygen atoms in total. The highest BCUT2D eigenvalue weighted by Crippen LogP contribution is 2.45. The zero-order chi connectivity index (χ0) is 21.1. The van der Waals surface area contributed by atoms with Gasteiger partial charge in [0.2, 0.25) is 12.3 Å². The maximum atomic E-state index is 12.1. The maximum absolute atomic E-state index is 12.1. The lowest BCUT2D eigenvalue weighted by Crippen LogP contribution is -2.27. The molecule has 0 saturated heterocycles. The number of nitrogens with zero attached hydrogens (tertiary/aromatic N) is 3. The van der Waals surface area contributed by atoms with Crippen LogP contribution in [0.15, 0.2) is 87.4 Å². The van der Waals surface area contributed by atoms with Gasteiger partial charge in [0.05, 0.1) is 16.2 Å². The Balaban J connectivity index is 1.81. The zero-order valence-corrected chi connectivity index (χ0v) is 17.3. The predicted octanol–water partition coefficient (Wildman–Crippen LogP) is 4.99. The molecule has 0 saturated carbocycles. The third-order valence-corrected chi connectivity index (χ3v) is 6.14. The largest absolute Gasteiger partial charge is 0.424 e. The van der Waals surface area contributed by atoms with Crippen LogP contribution in [0.25, 0.3) is 5.57 Å². The summed E-state index contributed by atoms with van der Waals surface area (Å²) in [7, 11) is 0. The average Bonchev–Trinajstić information content (AvgIpc) is 3.26. The second-order valence-electron chi connectivity index (χ2n) is 6.92. The van der Waals surface area contributed by atoms with Crippen molar-refractivity contribution in [2.24, 2.45) is 0 Å². The lowest BCUT2D eigenvalue weighted by molar-refractivity contribution is -0.430. The van der Waals surface area contributed by atoms with E-state index in [-0.39, 0.29) is 16.5 Å².